The van der Waals surface area contributed by atoms with Crippen molar-refractivity contribution in [2.75, 3.05) is 59.5 Å². The van der Waals surface area contributed by atoms with Crippen molar-refractivity contribution < 1.29 is 53.6 Å². The molecule has 0 radical (unpaired) electrons. The Morgan fingerprint density at radius 1 is 0.342 bits per heavy atom. The normalized spacial score (nSPS) is 18.9. The lowest BCUT2D eigenvalue weighted by Crippen LogP contribution is -2.28. The van der Waals surface area contributed by atoms with Crippen molar-refractivity contribution in [3.05, 3.63) is 0 Å². The molecule has 232 valence electrons. The monoisotopic (exact) mass is 558 g/mol. The van der Waals surface area contributed by atoms with E-state index in [-0.39, 0.29) is 55.9 Å². The highest BCUT2D eigenvalue weighted by molar-refractivity contribution is 4.57. The van der Waals surface area contributed by atoms with Crippen LogP contribution in [-0.2, 0) is 33.2 Å². The lowest BCUT2D eigenvalue weighted by molar-refractivity contribution is -0.0936. The molecule has 0 aliphatic carbocycles. The minimum Gasteiger partial charge on any atom is -0.394 e. The Morgan fingerprint density at radius 3 is 0.711 bits per heavy atom. The summed E-state index contributed by atoms with van der Waals surface area (Å²) in [6.07, 6.45) is -1.49. The summed E-state index contributed by atoms with van der Waals surface area (Å²) in [4.78, 5) is 0. The summed E-state index contributed by atoms with van der Waals surface area (Å²) in [6, 6.07) is 0. The van der Waals surface area contributed by atoms with Gasteiger partial charge in [-0.15, -0.1) is 0 Å². The molecular weight excluding hydrogens is 500 g/mol. The molecule has 0 aliphatic rings. The summed E-state index contributed by atoms with van der Waals surface area (Å²) in [5.41, 5.74) is 0. The van der Waals surface area contributed by atoms with Gasteiger partial charge < -0.3 is 53.6 Å². The molecule has 0 aromatic rings. The molecule has 0 amide bonds. The number of hydrogen-bond donors (Lipinski definition) is 4. The topological polar surface area (TPSA) is 146 Å². The zero-order valence-electron chi connectivity index (χ0n) is 25.2. The first kappa shape index (κ1) is 39.7. The molecular formula is C27H58O11. The quantitative estimate of drug-likeness (QED) is 0.145. The third-order valence-corrected chi connectivity index (χ3v) is 4.84. The molecule has 38 heavy (non-hydrogen) atoms. The van der Waals surface area contributed by atoms with E-state index in [4.69, 9.17) is 53.6 Å². The van der Waals surface area contributed by atoms with Gasteiger partial charge in [0, 0.05) is 0 Å². The van der Waals surface area contributed by atoms with E-state index in [1.807, 2.05) is 41.5 Å². The van der Waals surface area contributed by atoms with Crippen molar-refractivity contribution in [3.63, 3.8) is 0 Å². The fourth-order valence-electron chi connectivity index (χ4n) is 2.45. The van der Waals surface area contributed by atoms with E-state index < -0.39 is 12.2 Å². The SMILES string of the molecule is CC(O)COC(C)COC(C)COC(C)CO.CC(O)COC(C)COC(C)COC(C)COC(C)CO. The minimum absolute atomic E-state index is 0.0105. The predicted molar refractivity (Wildman–Crippen MR) is 145 cm³/mol. The number of aliphatic hydroxyl groups excluding tert-OH is 4. The van der Waals surface area contributed by atoms with Crippen LogP contribution in [0.25, 0.3) is 0 Å². The molecule has 4 N–H and O–H groups in total. The van der Waals surface area contributed by atoms with E-state index in [0.29, 0.717) is 46.2 Å². The molecule has 0 saturated heterocycles. The summed E-state index contributed by atoms with van der Waals surface area (Å²) in [6.45, 7) is 19.5. The van der Waals surface area contributed by atoms with Crippen LogP contribution in [0, 0.1) is 0 Å². The molecule has 0 rings (SSSR count). The Hall–Kier alpha value is -0.440. The van der Waals surface area contributed by atoms with Crippen molar-refractivity contribution in [3.8, 4) is 0 Å². The van der Waals surface area contributed by atoms with E-state index in [1.165, 1.54) is 0 Å². The van der Waals surface area contributed by atoms with Gasteiger partial charge in [0.25, 0.3) is 0 Å². The zero-order chi connectivity index (χ0) is 29.5. The van der Waals surface area contributed by atoms with Crippen molar-refractivity contribution in [2.45, 2.75) is 117 Å². The van der Waals surface area contributed by atoms with Crippen LogP contribution in [0.5, 0.6) is 0 Å². The zero-order valence-corrected chi connectivity index (χ0v) is 25.2. The van der Waals surface area contributed by atoms with E-state index in [1.54, 1.807) is 20.8 Å². The van der Waals surface area contributed by atoms with Crippen molar-refractivity contribution >= 4 is 0 Å². The predicted octanol–water partition coefficient (Wildman–Crippen LogP) is 1.55. The molecule has 0 spiro atoms. The third-order valence-electron chi connectivity index (χ3n) is 4.84. The summed E-state index contributed by atoms with van der Waals surface area (Å²) in [7, 11) is 0. The lowest BCUT2D eigenvalue weighted by Gasteiger charge is -2.21. The van der Waals surface area contributed by atoms with Crippen LogP contribution in [0.2, 0.25) is 0 Å². The van der Waals surface area contributed by atoms with Gasteiger partial charge in [-0.05, 0) is 62.3 Å². The second-order valence-corrected chi connectivity index (χ2v) is 10.1. The number of aliphatic hydroxyl groups is 4. The average molecular weight is 559 g/mol. The summed E-state index contributed by atoms with van der Waals surface area (Å²) in [5.74, 6) is 0. The maximum Gasteiger partial charge on any atom is 0.0781 e. The third kappa shape index (κ3) is 28.6. The Bertz CT molecular complexity index is 496. The standard InChI is InChI=1S/C15H32O6.C12H26O5/c1-11(17)7-18-13(3)9-20-15(5)10-21-14(4)8-19-12(2)6-16;1-9(14)6-15-11(3)8-17-12(4)7-16-10(2)5-13/h11-17H,6-10H2,1-5H3;9-14H,5-8H2,1-4H3. The largest absolute Gasteiger partial charge is 0.394 e. The molecule has 9 atom stereocenters. The van der Waals surface area contributed by atoms with Crippen LogP contribution < -0.4 is 0 Å². The highest BCUT2D eigenvalue weighted by Crippen LogP contribution is 2.03. The van der Waals surface area contributed by atoms with Crippen molar-refractivity contribution in [1.82, 2.24) is 0 Å². The van der Waals surface area contributed by atoms with E-state index in [2.05, 4.69) is 0 Å². The van der Waals surface area contributed by atoms with Gasteiger partial charge in [-0.1, -0.05) is 0 Å². The van der Waals surface area contributed by atoms with Gasteiger partial charge in [0.15, 0.2) is 0 Å². The van der Waals surface area contributed by atoms with Crippen molar-refractivity contribution in [1.29, 1.82) is 0 Å². The van der Waals surface area contributed by atoms with Gasteiger partial charge in [-0.3, -0.25) is 0 Å². The summed E-state index contributed by atoms with van der Waals surface area (Å²) >= 11 is 0. The van der Waals surface area contributed by atoms with Crippen LogP contribution in [0.1, 0.15) is 62.3 Å². The molecule has 11 nitrogen and oxygen atoms in total. The van der Waals surface area contributed by atoms with Crippen LogP contribution in [-0.4, -0.2) is 135 Å². The van der Waals surface area contributed by atoms with Crippen molar-refractivity contribution in [2.24, 2.45) is 0 Å². The molecule has 0 fully saturated rings. The number of ether oxygens (including phenoxy) is 7. The Labute approximate surface area is 230 Å². The molecule has 0 bridgehead atoms. The van der Waals surface area contributed by atoms with Gasteiger partial charge in [0.1, 0.15) is 0 Å². The number of rotatable bonds is 23. The summed E-state index contributed by atoms with van der Waals surface area (Å²) < 4.78 is 38.2. The van der Waals surface area contributed by atoms with Gasteiger partial charge in [-0.25, -0.2) is 0 Å². The van der Waals surface area contributed by atoms with E-state index >= 15 is 0 Å². The Balaban J connectivity index is 0. The van der Waals surface area contributed by atoms with E-state index in [9.17, 15) is 0 Å². The van der Waals surface area contributed by atoms with Gasteiger partial charge in [-0.2, -0.15) is 0 Å². The first-order valence-electron chi connectivity index (χ1n) is 13.7. The fraction of sp³-hybridized carbons (Fsp3) is 1.00. The van der Waals surface area contributed by atoms with Crippen LogP contribution >= 0.6 is 0 Å². The van der Waals surface area contributed by atoms with Gasteiger partial charge in [0.2, 0.25) is 0 Å². The molecule has 11 heteroatoms. The lowest BCUT2D eigenvalue weighted by atomic mass is 10.3. The first-order valence-corrected chi connectivity index (χ1v) is 13.7. The number of hydrogen-bond acceptors (Lipinski definition) is 11. The maximum absolute atomic E-state index is 9.12. The molecule has 0 aromatic heterocycles. The van der Waals surface area contributed by atoms with E-state index in [0.717, 1.165) is 0 Å². The highest BCUT2D eigenvalue weighted by atomic mass is 16.6. The molecule has 0 saturated carbocycles. The highest BCUT2D eigenvalue weighted by Gasteiger charge is 2.12. The smallest absolute Gasteiger partial charge is 0.0781 e. The molecule has 9 unspecified atom stereocenters. The first-order chi connectivity index (χ1) is 17.8. The maximum atomic E-state index is 9.12. The Morgan fingerprint density at radius 2 is 0.526 bits per heavy atom. The van der Waals surface area contributed by atoms with Crippen LogP contribution in [0.3, 0.4) is 0 Å². The van der Waals surface area contributed by atoms with Gasteiger partial charge in [0.05, 0.1) is 114 Å². The van der Waals surface area contributed by atoms with Crippen LogP contribution in [0.15, 0.2) is 0 Å². The molecule has 0 aromatic carbocycles. The average Bonchev–Trinajstić information content (AvgIpc) is 2.88. The molecule has 0 aliphatic heterocycles. The fourth-order valence-corrected chi connectivity index (χ4v) is 2.45. The minimum atomic E-state index is -0.463. The van der Waals surface area contributed by atoms with Gasteiger partial charge >= 0.3 is 0 Å². The van der Waals surface area contributed by atoms with Crippen LogP contribution in [0.4, 0.5) is 0 Å². The Kier molecular flexibility index (Phi) is 26.7. The summed E-state index contributed by atoms with van der Waals surface area (Å²) in [5, 5.41) is 35.8. The second kappa shape index (κ2) is 25.5. The molecule has 0 heterocycles. The second-order valence-electron chi connectivity index (χ2n) is 10.1.